The van der Waals surface area contributed by atoms with Gasteiger partial charge in [-0.15, -0.1) is 6.42 Å². The predicted molar refractivity (Wildman–Crippen MR) is 143 cm³/mol. The number of nitrogens with zero attached hydrogens (tertiary/aromatic N) is 5. The van der Waals surface area contributed by atoms with Crippen molar-refractivity contribution in [1.29, 1.82) is 0 Å². The Hall–Kier alpha value is -4.69. The lowest BCUT2D eigenvalue weighted by Crippen LogP contribution is -2.21. The lowest BCUT2D eigenvalue weighted by molar-refractivity contribution is -0.116. The van der Waals surface area contributed by atoms with Gasteiger partial charge in [0.1, 0.15) is 24.5 Å². The van der Waals surface area contributed by atoms with E-state index in [2.05, 4.69) is 31.6 Å². The third kappa shape index (κ3) is 6.96. The minimum atomic E-state index is -0.426. The fourth-order valence-corrected chi connectivity index (χ4v) is 3.75. The standard InChI is InChI=1S/C27H28FN7O3/c1-4-9-34(2)10-6-11-38-25-14-23-22(13-24(25)37-3)27(30-18-29-23)33-21-15-31-35(16-21)17-26(36)32-20-8-5-7-19(28)12-20/h1,5,7-8,12-16,18H,6,9-11,17H2,2-3H3,(H,32,36)(H,29,30,33). The number of hydrogen-bond acceptors (Lipinski definition) is 8. The molecule has 0 unspecified atom stereocenters. The highest BCUT2D eigenvalue weighted by molar-refractivity contribution is 5.93. The van der Waals surface area contributed by atoms with E-state index >= 15 is 0 Å². The molecule has 2 aromatic carbocycles. The maximum atomic E-state index is 13.3. The lowest BCUT2D eigenvalue weighted by Gasteiger charge is -2.15. The van der Waals surface area contributed by atoms with Crippen LogP contribution < -0.4 is 20.1 Å². The fraction of sp³-hybridized carbons (Fsp3) is 0.259. The first-order valence-corrected chi connectivity index (χ1v) is 11.9. The van der Waals surface area contributed by atoms with Gasteiger partial charge < -0.3 is 20.1 Å². The van der Waals surface area contributed by atoms with Crippen molar-refractivity contribution < 1.29 is 18.7 Å². The van der Waals surface area contributed by atoms with Crippen molar-refractivity contribution in [2.75, 3.05) is 44.5 Å². The smallest absolute Gasteiger partial charge is 0.246 e. The molecule has 0 aliphatic heterocycles. The Balaban J connectivity index is 1.42. The quantitative estimate of drug-likeness (QED) is 0.217. The van der Waals surface area contributed by atoms with Gasteiger partial charge in [0, 0.05) is 29.9 Å². The molecule has 2 aromatic heterocycles. The van der Waals surface area contributed by atoms with E-state index < -0.39 is 5.82 Å². The molecule has 4 aromatic rings. The summed E-state index contributed by atoms with van der Waals surface area (Å²) in [4.78, 5) is 23.1. The Kier molecular flexibility index (Phi) is 8.69. The van der Waals surface area contributed by atoms with Crippen LogP contribution >= 0.6 is 0 Å². The van der Waals surface area contributed by atoms with Crippen LogP contribution in [0.5, 0.6) is 11.5 Å². The predicted octanol–water partition coefficient (Wildman–Crippen LogP) is 3.69. The zero-order valence-corrected chi connectivity index (χ0v) is 21.1. The normalized spacial score (nSPS) is 10.8. The minimum Gasteiger partial charge on any atom is -0.493 e. The molecule has 0 aliphatic rings. The van der Waals surface area contributed by atoms with Crippen LogP contribution in [-0.4, -0.2) is 64.4 Å². The van der Waals surface area contributed by atoms with Gasteiger partial charge in [-0.1, -0.05) is 12.0 Å². The highest BCUT2D eigenvalue weighted by Gasteiger charge is 2.13. The SMILES string of the molecule is C#CCN(C)CCCOc1cc2ncnc(Nc3cnn(CC(=O)Nc4cccc(F)c4)c3)c2cc1OC. The number of carbonyl (C=O) groups is 1. The minimum absolute atomic E-state index is 0.0459. The highest BCUT2D eigenvalue weighted by atomic mass is 19.1. The van der Waals surface area contributed by atoms with Crippen molar-refractivity contribution in [2.24, 2.45) is 0 Å². The molecule has 38 heavy (non-hydrogen) atoms. The van der Waals surface area contributed by atoms with Gasteiger partial charge >= 0.3 is 0 Å². The number of fused-ring (bicyclic) bond motifs is 1. The van der Waals surface area contributed by atoms with Gasteiger partial charge in [0.05, 0.1) is 37.7 Å². The Bertz CT molecular complexity index is 1450. The van der Waals surface area contributed by atoms with E-state index in [0.717, 1.165) is 18.4 Å². The van der Waals surface area contributed by atoms with E-state index in [1.807, 2.05) is 24.1 Å². The molecular formula is C27H28FN7O3. The molecule has 0 fully saturated rings. The van der Waals surface area contributed by atoms with Crippen LogP contribution in [0.4, 0.5) is 21.6 Å². The van der Waals surface area contributed by atoms with Crippen molar-refractivity contribution in [2.45, 2.75) is 13.0 Å². The summed E-state index contributed by atoms with van der Waals surface area (Å²) in [5.41, 5.74) is 1.67. The average Bonchev–Trinajstić information content (AvgIpc) is 3.32. The summed E-state index contributed by atoms with van der Waals surface area (Å²) in [5, 5.41) is 10.8. The van der Waals surface area contributed by atoms with Gasteiger partial charge in [-0.3, -0.25) is 14.4 Å². The highest BCUT2D eigenvalue weighted by Crippen LogP contribution is 2.34. The molecule has 0 bridgehead atoms. The maximum Gasteiger partial charge on any atom is 0.246 e. The summed E-state index contributed by atoms with van der Waals surface area (Å²) < 4.78 is 26.3. The summed E-state index contributed by atoms with van der Waals surface area (Å²) in [7, 11) is 3.54. The molecule has 10 nitrogen and oxygen atoms in total. The van der Waals surface area contributed by atoms with Crippen LogP contribution in [0.15, 0.2) is 55.1 Å². The van der Waals surface area contributed by atoms with Crippen LogP contribution in [0.1, 0.15) is 6.42 Å². The molecule has 0 radical (unpaired) electrons. The van der Waals surface area contributed by atoms with E-state index in [4.69, 9.17) is 15.9 Å². The number of aromatic nitrogens is 4. The molecule has 0 atom stereocenters. The second-order valence-corrected chi connectivity index (χ2v) is 8.50. The number of benzene rings is 2. The second-order valence-electron chi connectivity index (χ2n) is 8.50. The van der Waals surface area contributed by atoms with Crippen LogP contribution in [0.25, 0.3) is 10.9 Å². The third-order valence-electron chi connectivity index (χ3n) is 5.53. The molecule has 2 N–H and O–H groups in total. The van der Waals surface area contributed by atoms with Gasteiger partial charge in [-0.25, -0.2) is 14.4 Å². The molecule has 1 amide bonds. The van der Waals surface area contributed by atoms with E-state index in [-0.39, 0.29) is 12.5 Å². The zero-order chi connectivity index (χ0) is 26.9. The summed E-state index contributed by atoms with van der Waals surface area (Å²) in [6, 6.07) is 9.32. The first kappa shape index (κ1) is 26.4. The van der Waals surface area contributed by atoms with Crippen LogP contribution in [0.3, 0.4) is 0 Å². The number of rotatable bonds is 12. The molecule has 4 rings (SSSR count). The van der Waals surface area contributed by atoms with Crippen molar-refractivity contribution in [3.8, 4) is 23.8 Å². The van der Waals surface area contributed by atoms with Gasteiger partial charge in [0.15, 0.2) is 11.5 Å². The molecule has 2 heterocycles. The summed E-state index contributed by atoms with van der Waals surface area (Å²) in [6.45, 7) is 1.86. The maximum absolute atomic E-state index is 13.3. The number of methoxy groups -OCH3 is 1. The Morgan fingerprint density at radius 2 is 2.08 bits per heavy atom. The van der Waals surface area contributed by atoms with Crippen LogP contribution in [0, 0.1) is 18.2 Å². The van der Waals surface area contributed by atoms with E-state index in [1.165, 1.54) is 29.2 Å². The van der Waals surface area contributed by atoms with Crippen molar-refractivity contribution >= 4 is 34.0 Å². The Labute approximate surface area is 219 Å². The molecule has 0 aliphatic carbocycles. The largest absolute Gasteiger partial charge is 0.493 e. The average molecular weight is 518 g/mol. The fourth-order valence-electron chi connectivity index (χ4n) is 3.75. The Morgan fingerprint density at radius 3 is 2.87 bits per heavy atom. The number of carbonyl (C=O) groups excluding carboxylic acids is 1. The summed E-state index contributed by atoms with van der Waals surface area (Å²) in [5.74, 6) is 3.53. The second kappa shape index (κ2) is 12.5. The number of halogens is 1. The van der Waals surface area contributed by atoms with Crippen molar-refractivity contribution in [1.82, 2.24) is 24.6 Å². The van der Waals surface area contributed by atoms with Crippen LogP contribution in [-0.2, 0) is 11.3 Å². The number of terminal acetylenes is 1. The number of anilines is 3. The van der Waals surface area contributed by atoms with Gasteiger partial charge in [-0.2, -0.15) is 5.10 Å². The number of amides is 1. The van der Waals surface area contributed by atoms with Gasteiger partial charge in [0.2, 0.25) is 5.91 Å². The van der Waals surface area contributed by atoms with Crippen LogP contribution in [0.2, 0.25) is 0 Å². The molecule has 0 saturated heterocycles. The van der Waals surface area contributed by atoms with Crippen molar-refractivity contribution in [3.63, 3.8) is 0 Å². The first-order chi connectivity index (χ1) is 18.4. The topological polar surface area (TPSA) is 106 Å². The summed E-state index contributed by atoms with van der Waals surface area (Å²) in [6.07, 6.45) is 10.8. The third-order valence-corrected chi connectivity index (χ3v) is 5.53. The molecular weight excluding hydrogens is 489 g/mol. The number of nitrogens with one attached hydrogen (secondary N) is 2. The van der Waals surface area contributed by atoms with E-state index in [1.54, 1.807) is 25.6 Å². The van der Waals surface area contributed by atoms with Gasteiger partial charge in [-0.05, 0) is 37.7 Å². The lowest BCUT2D eigenvalue weighted by atomic mass is 10.2. The van der Waals surface area contributed by atoms with E-state index in [0.29, 0.717) is 47.4 Å². The van der Waals surface area contributed by atoms with Gasteiger partial charge in [0.25, 0.3) is 0 Å². The number of ether oxygens (including phenoxy) is 2. The van der Waals surface area contributed by atoms with Crippen molar-refractivity contribution in [3.05, 3.63) is 60.9 Å². The molecule has 0 spiro atoms. The summed E-state index contributed by atoms with van der Waals surface area (Å²) >= 11 is 0. The monoisotopic (exact) mass is 517 g/mol. The Morgan fingerprint density at radius 1 is 1.21 bits per heavy atom. The zero-order valence-electron chi connectivity index (χ0n) is 21.1. The molecule has 196 valence electrons. The first-order valence-electron chi connectivity index (χ1n) is 11.9. The number of hydrogen-bond donors (Lipinski definition) is 2. The molecule has 0 saturated carbocycles. The van der Waals surface area contributed by atoms with E-state index in [9.17, 15) is 9.18 Å². The molecule has 11 heteroatoms.